The predicted molar refractivity (Wildman–Crippen MR) is 139 cm³/mol. The van der Waals surface area contributed by atoms with E-state index < -0.39 is 5.82 Å². The van der Waals surface area contributed by atoms with Gasteiger partial charge in [0.1, 0.15) is 11.6 Å². The van der Waals surface area contributed by atoms with Crippen molar-refractivity contribution in [2.24, 2.45) is 0 Å². The lowest BCUT2D eigenvalue weighted by molar-refractivity contribution is -0.117. The average molecular weight is 495 g/mol. The number of aromatic nitrogens is 2. The lowest BCUT2D eigenvalue weighted by Crippen LogP contribution is -2.45. The van der Waals surface area contributed by atoms with Gasteiger partial charge >= 0.3 is 0 Å². The molecule has 2 aromatic heterocycles. The molecule has 2 atom stereocenters. The lowest BCUT2D eigenvalue weighted by atomic mass is 10.1. The van der Waals surface area contributed by atoms with Gasteiger partial charge < -0.3 is 30.3 Å². The first kappa shape index (κ1) is 25.3. The standard InChI is InChI=1S/C26H31FN6O3/c1-5-24(34)31-21-15-36-14-20(21)30-23-12-18-16(13-29-23)11-19(32-26(18)28-9-10-33(2)3)17-7-6-8-22(35-4)25(17)27/h5-8,11-13,20-21H,1,9-10,14-15H2,2-4H3,(H,28,32)(H,29,30)(H,31,34)/t20-,21+/m1/s1. The molecule has 1 aromatic carbocycles. The molecule has 4 rings (SSSR count). The van der Waals surface area contributed by atoms with Crippen molar-refractivity contribution < 1.29 is 18.7 Å². The van der Waals surface area contributed by atoms with Gasteiger partial charge in [0.05, 0.1) is 38.1 Å². The summed E-state index contributed by atoms with van der Waals surface area (Å²) in [5.74, 6) is 0.680. The molecule has 0 aliphatic carbocycles. The highest BCUT2D eigenvalue weighted by Crippen LogP contribution is 2.33. The molecule has 1 fully saturated rings. The number of benzene rings is 1. The van der Waals surface area contributed by atoms with Gasteiger partial charge in [-0.15, -0.1) is 0 Å². The van der Waals surface area contributed by atoms with E-state index in [0.717, 1.165) is 17.3 Å². The van der Waals surface area contributed by atoms with E-state index in [4.69, 9.17) is 14.5 Å². The summed E-state index contributed by atoms with van der Waals surface area (Å²) in [6.45, 7) is 5.78. The van der Waals surface area contributed by atoms with E-state index in [-0.39, 0.29) is 23.7 Å². The number of rotatable bonds is 10. The third kappa shape index (κ3) is 5.72. The van der Waals surface area contributed by atoms with Gasteiger partial charge in [0.25, 0.3) is 0 Å². The van der Waals surface area contributed by atoms with Gasteiger partial charge in [0, 0.05) is 35.6 Å². The molecule has 1 aliphatic rings. The Bertz CT molecular complexity index is 1250. The summed E-state index contributed by atoms with van der Waals surface area (Å²) in [7, 11) is 5.42. The van der Waals surface area contributed by atoms with Crippen LogP contribution in [0.3, 0.4) is 0 Å². The second-order valence-electron chi connectivity index (χ2n) is 8.81. The van der Waals surface area contributed by atoms with Crippen molar-refractivity contribution in [3.63, 3.8) is 0 Å². The van der Waals surface area contributed by atoms with Crippen LogP contribution in [0.1, 0.15) is 0 Å². The first-order valence-corrected chi connectivity index (χ1v) is 11.7. The van der Waals surface area contributed by atoms with Crippen LogP contribution in [0.25, 0.3) is 22.0 Å². The van der Waals surface area contributed by atoms with Crippen molar-refractivity contribution in [2.45, 2.75) is 12.1 Å². The number of amides is 1. The highest BCUT2D eigenvalue weighted by atomic mass is 19.1. The van der Waals surface area contributed by atoms with Crippen LogP contribution in [0.4, 0.5) is 16.0 Å². The van der Waals surface area contributed by atoms with Crippen molar-refractivity contribution in [3.05, 3.63) is 55.0 Å². The van der Waals surface area contributed by atoms with Crippen molar-refractivity contribution in [1.82, 2.24) is 20.2 Å². The number of halogens is 1. The molecule has 0 radical (unpaired) electrons. The first-order valence-electron chi connectivity index (χ1n) is 11.7. The highest BCUT2D eigenvalue weighted by Gasteiger charge is 2.29. The largest absolute Gasteiger partial charge is 0.494 e. The molecule has 10 heteroatoms. The number of pyridine rings is 2. The third-order valence-corrected chi connectivity index (χ3v) is 5.95. The number of carbonyl (C=O) groups excluding carboxylic acids is 1. The average Bonchev–Trinajstić information content (AvgIpc) is 3.30. The molecule has 36 heavy (non-hydrogen) atoms. The summed E-state index contributed by atoms with van der Waals surface area (Å²) >= 11 is 0. The van der Waals surface area contributed by atoms with Crippen LogP contribution >= 0.6 is 0 Å². The fraction of sp³-hybridized carbons (Fsp3) is 0.346. The molecule has 0 bridgehead atoms. The maximum atomic E-state index is 15.0. The molecule has 0 unspecified atom stereocenters. The zero-order valence-electron chi connectivity index (χ0n) is 20.7. The Hall–Kier alpha value is -3.76. The van der Waals surface area contributed by atoms with Crippen molar-refractivity contribution >= 4 is 28.3 Å². The molecule has 3 N–H and O–H groups in total. The van der Waals surface area contributed by atoms with Crippen LogP contribution in [0.2, 0.25) is 0 Å². The fourth-order valence-corrected chi connectivity index (χ4v) is 4.03. The van der Waals surface area contributed by atoms with Gasteiger partial charge in [0.2, 0.25) is 5.91 Å². The molecular formula is C26H31FN6O3. The number of fused-ring (bicyclic) bond motifs is 1. The van der Waals surface area contributed by atoms with E-state index in [2.05, 4.69) is 32.4 Å². The van der Waals surface area contributed by atoms with Crippen LogP contribution < -0.4 is 20.7 Å². The first-order chi connectivity index (χ1) is 17.4. The van der Waals surface area contributed by atoms with Gasteiger partial charge in [-0.25, -0.2) is 14.4 Å². The summed E-state index contributed by atoms with van der Waals surface area (Å²) in [6.07, 6.45) is 2.97. The predicted octanol–water partition coefficient (Wildman–Crippen LogP) is 2.90. The van der Waals surface area contributed by atoms with Crippen LogP contribution in [0.5, 0.6) is 5.75 Å². The number of hydrogen-bond acceptors (Lipinski definition) is 8. The Balaban J connectivity index is 1.68. The molecule has 1 saturated heterocycles. The molecule has 0 spiro atoms. The van der Waals surface area contributed by atoms with E-state index in [1.807, 2.05) is 26.2 Å². The van der Waals surface area contributed by atoms with Gasteiger partial charge in [-0.2, -0.15) is 0 Å². The van der Waals surface area contributed by atoms with E-state index in [9.17, 15) is 4.79 Å². The summed E-state index contributed by atoms with van der Waals surface area (Å²) in [6, 6.07) is 8.34. The minimum absolute atomic E-state index is 0.151. The number of carbonyl (C=O) groups is 1. The molecular weight excluding hydrogens is 463 g/mol. The second-order valence-corrected chi connectivity index (χ2v) is 8.81. The van der Waals surface area contributed by atoms with Gasteiger partial charge in [-0.05, 0) is 44.4 Å². The molecule has 9 nitrogen and oxygen atoms in total. The minimum atomic E-state index is -0.466. The van der Waals surface area contributed by atoms with Crippen molar-refractivity contribution in [1.29, 1.82) is 0 Å². The fourth-order valence-electron chi connectivity index (χ4n) is 4.03. The minimum Gasteiger partial charge on any atom is -0.494 e. The Morgan fingerprint density at radius 1 is 1.31 bits per heavy atom. The number of ether oxygens (including phenoxy) is 2. The SMILES string of the molecule is C=CC(=O)N[C@H]1COC[C@H]1Nc1cc2c(NCCN(C)C)nc(-c3cccc(OC)c3F)cc2cn1. The number of nitrogens with zero attached hydrogens (tertiary/aromatic N) is 3. The van der Waals surface area contributed by atoms with Gasteiger partial charge in [-0.1, -0.05) is 12.6 Å². The number of anilines is 2. The van der Waals surface area contributed by atoms with Crippen LogP contribution in [-0.4, -0.2) is 80.4 Å². The zero-order valence-corrected chi connectivity index (χ0v) is 20.7. The number of likely N-dealkylation sites (N-methyl/N-ethyl adjacent to an activating group) is 1. The Kier molecular flexibility index (Phi) is 7.97. The summed E-state index contributed by atoms with van der Waals surface area (Å²) < 4.78 is 25.7. The normalized spacial score (nSPS) is 17.2. The summed E-state index contributed by atoms with van der Waals surface area (Å²) in [5, 5.41) is 11.3. The van der Waals surface area contributed by atoms with Crippen LogP contribution in [0.15, 0.2) is 49.2 Å². The monoisotopic (exact) mass is 494 g/mol. The molecule has 190 valence electrons. The highest BCUT2D eigenvalue weighted by molar-refractivity contribution is 5.95. The van der Waals surface area contributed by atoms with E-state index in [1.54, 1.807) is 24.4 Å². The number of methoxy groups -OCH3 is 1. The maximum Gasteiger partial charge on any atom is 0.243 e. The Morgan fingerprint density at radius 2 is 2.11 bits per heavy atom. The second kappa shape index (κ2) is 11.3. The molecule has 1 aliphatic heterocycles. The number of hydrogen-bond donors (Lipinski definition) is 3. The van der Waals surface area contributed by atoms with E-state index in [0.29, 0.717) is 42.7 Å². The molecule has 0 saturated carbocycles. The third-order valence-electron chi connectivity index (χ3n) is 5.95. The molecule has 3 aromatic rings. The summed E-state index contributed by atoms with van der Waals surface area (Å²) in [5.41, 5.74) is 0.822. The maximum absolute atomic E-state index is 15.0. The van der Waals surface area contributed by atoms with Gasteiger partial charge in [0.15, 0.2) is 11.6 Å². The smallest absolute Gasteiger partial charge is 0.243 e. The van der Waals surface area contributed by atoms with Crippen molar-refractivity contribution in [2.75, 3.05) is 58.1 Å². The number of nitrogens with one attached hydrogen (secondary N) is 3. The quantitative estimate of drug-likeness (QED) is 0.370. The van der Waals surface area contributed by atoms with E-state index in [1.165, 1.54) is 13.2 Å². The zero-order chi connectivity index (χ0) is 25.7. The topological polar surface area (TPSA) is 101 Å². The van der Waals surface area contributed by atoms with Gasteiger partial charge in [-0.3, -0.25) is 4.79 Å². The van der Waals surface area contributed by atoms with Crippen LogP contribution in [0, 0.1) is 5.82 Å². The Morgan fingerprint density at radius 3 is 2.86 bits per heavy atom. The Labute approximate surface area is 209 Å². The summed E-state index contributed by atoms with van der Waals surface area (Å²) in [4.78, 5) is 23.2. The van der Waals surface area contributed by atoms with Crippen molar-refractivity contribution in [3.8, 4) is 17.0 Å². The molecule has 3 heterocycles. The molecule has 1 amide bonds. The van der Waals surface area contributed by atoms with Crippen LogP contribution in [-0.2, 0) is 9.53 Å². The van der Waals surface area contributed by atoms with E-state index >= 15 is 4.39 Å². The lowest BCUT2D eigenvalue weighted by Gasteiger charge is -2.21.